The number of hydrogen-bond acceptors (Lipinski definition) is 8. The number of hydrogen-bond donors (Lipinski definition) is 1. The molecule has 9 nitrogen and oxygen atoms in total. The monoisotopic (exact) mass is 443 g/mol. The lowest BCUT2D eigenvalue weighted by Crippen LogP contribution is -2.39. The van der Waals surface area contributed by atoms with Crippen LogP contribution in [0.1, 0.15) is 22.7 Å². The van der Waals surface area contributed by atoms with Gasteiger partial charge in [0.05, 0.1) is 30.8 Å². The van der Waals surface area contributed by atoms with Crippen LogP contribution in [0.2, 0.25) is 0 Å². The minimum Gasteiger partial charge on any atom is -0.288 e. The zero-order chi connectivity index (χ0) is 21.8. The van der Waals surface area contributed by atoms with Crippen LogP contribution in [0.25, 0.3) is 0 Å². The van der Waals surface area contributed by atoms with Crippen LogP contribution in [0.15, 0.2) is 28.5 Å². The number of Topliss-reactive ketones (excluding diaryl/α,β-unsaturated/α-hetero) is 1. The van der Waals surface area contributed by atoms with Crippen molar-refractivity contribution < 1.29 is 32.0 Å². The summed E-state index contributed by atoms with van der Waals surface area (Å²) in [6.45, 7) is 2.96. The van der Waals surface area contributed by atoms with Gasteiger partial charge in [0, 0.05) is 0 Å². The summed E-state index contributed by atoms with van der Waals surface area (Å²) in [5.41, 5.74) is 0.721. The maximum atomic E-state index is 13.0. The minimum absolute atomic E-state index is 0.0951. The Balaban J connectivity index is 2.01. The fourth-order valence-corrected chi connectivity index (χ4v) is 4.76. The van der Waals surface area contributed by atoms with Crippen LogP contribution in [0.4, 0.5) is 4.39 Å². The fourth-order valence-electron chi connectivity index (χ4n) is 2.30. The summed E-state index contributed by atoms with van der Waals surface area (Å²) in [6.07, 6.45) is -0.906. The number of sulfonamides is 1. The van der Waals surface area contributed by atoms with Gasteiger partial charge in [0.1, 0.15) is 5.82 Å². The second-order valence-corrected chi connectivity index (χ2v) is 8.96. The van der Waals surface area contributed by atoms with Gasteiger partial charge < -0.3 is 0 Å². The third-order valence-corrected chi connectivity index (χ3v) is 6.65. The highest BCUT2D eigenvalue weighted by molar-refractivity contribution is 7.92. The first-order valence-corrected chi connectivity index (χ1v) is 10.5. The molecule has 1 aromatic carbocycles. The third-order valence-electron chi connectivity index (χ3n) is 3.64. The van der Waals surface area contributed by atoms with E-state index in [0.29, 0.717) is 10.6 Å². The van der Waals surface area contributed by atoms with Crippen LogP contribution in [-0.2, 0) is 35.8 Å². The average Bonchev–Trinajstić information content (AvgIpc) is 2.99. The highest BCUT2D eigenvalue weighted by atomic mass is 32.2. The molecule has 2 aromatic rings. The second-order valence-electron chi connectivity index (χ2n) is 5.88. The quantitative estimate of drug-likeness (QED) is 0.370. The van der Waals surface area contributed by atoms with Crippen molar-refractivity contribution in [1.82, 2.24) is 14.8 Å². The van der Waals surface area contributed by atoms with E-state index >= 15 is 0 Å². The summed E-state index contributed by atoms with van der Waals surface area (Å²) in [5, 5.41) is 1.29. The summed E-state index contributed by atoms with van der Waals surface area (Å²) in [7, 11) is -3.10. The van der Waals surface area contributed by atoms with E-state index in [9.17, 15) is 27.2 Å². The topological polar surface area (TPSA) is 123 Å². The first-order chi connectivity index (χ1) is 13.5. The Morgan fingerprint density at radius 2 is 1.83 bits per heavy atom. The molecule has 1 aromatic heterocycles. The van der Waals surface area contributed by atoms with Gasteiger partial charge in [-0.05, 0) is 31.5 Å². The number of nitrogens with one attached hydrogen (secondary N) is 1. The van der Waals surface area contributed by atoms with Gasteiger partial charge in [-0.2, -0.15) is 0 Å². The van der Waals surface area contributed by atoms with Crippen molar-refractivity contribution in [3.63, 3.8) is 0 Å². The van der Waals surface area contributed by atoms with E-state index in [4.69, 9.17) is 4.84 Å². The van der Waals surface area contributed by atoms with E-state index in [1.165, 1.54) is 38.3 Å². The van der Waals surface area contributed by atoms with Crippen molar-refractivity contribution >= 4 is 39.0 Å². The lowest BCUT2D eigenvalue weighted by atomic mass is 10.2. The molecule has 0 aliphatic rings. The molecular weight excluding hydrogens is 425 g/mol. The highest BCUT2D eigenvalue weighted by Crippen LogP contribution is 2.22. The van der Waals surface area contributed by atoms with Gasteiger partial charge in [0.15, 0.2) is 4.21 Å². The van der Waals surface area contributed by atoms with E-state index in [1.54, 1.807) is 11.6 Å². The number of rotatable bonds is 8. The lowest BCUT2D eigenvalue weighted by molar-refractivity contribution is -0.180. The van der Waals surface area contributed by atoms with Crippen LogP contribution in [0.3, 0.4) is 0 Å². The molecule has 0 bridgehead atoms. The SMILES string of the molecule is CON(Cc1ccc(F)cc1)C(=O)CC(=O)C(=O)NS(=O)(=O)c1sc(C)nc1C. The van der Waals surface area contributed by atoms with Gasteiger partial charge in [-0.3, -0.25) is 19.2 Å². The Bertz CT molecular complexity index is 1030. The Morgan fingerprint density at radius 3 is 2.34 bits per heavy atom. The Labute approximate surface area is 170 Å². The smallest absolute Gasteiger partial charge is 0.288 e. The summed E-state index contributed by atoms with van der Waals surface area (Å²) in [4.78, 5) is 45.1. The number of benzene rings is 1. The Hall–Kier alpha value is -2.70. The molecule has 0 saturated carbocycles. The molecule has 0 aliphatic heterocycles. The maximum absolute atomic E-state index is 13.0. The van der Waals surface area contributed by atoms with Crippen molar-refractivity contribution in [3.05, 3.63) is 46.3 Å². The normalized spacial score (nSPS) is 11.2. The molecule has 0 saturated heterocycles. The predicted molar refractivity (Wildman–Crippen MR) is 100 cm³/mol. The van der Waals surface area contributed by atoms with E-state index in [1.807, 2.05) is 0 Å². The highest BCUT2D eigenvalue weighted by Gasteiger charge is 2.29. The largest absolute Gasteiger partial charge is 0.301 e. The van der Waals surface area contributed by atoms with E-state index in [2.05, 4.69) is 4.98 Å². The Morgan fingerprint density at radius 1 is 1.21 bits per heavy atom. The molecule has 0 atom stereocenters. The number of carbonyl (C=O) groups excluding carboxylic acids is 3. The van der Waals surface area contributed by atoms with Crippen molar-refractivity contribution in [2.75, 3.05) is 7.11 Å². The van der Waals surface area contributed by atoms with Gasteiger partial charge in [-0.15, -0.1) is 11.3 Å². The molecule has 1 heterocycles. The van der Waals surface area contributed by atoms with Crippen molar-refractivity contribution in [1.29, 1.82) is 0 Å². The second kappa shape index (κ2) is 9.20. The molecule has 0 aliphatic carbocycles. The number of carbonyl (C=O) groups is 3. The number of hydroxylamine groups is 2. The fraction of sp³-hybridized carbons (Fsp3) is 0.294. The maximum Gasteiger partial charge on any atom is 0.301 e. The first kappa shape index (κ1) is 22.6. The molecule has 2 rings (SSSR count). The molecular formula is C17H18FN3O6S2. The number of ketones is 1. The molecule has 1 N–H and O–H groups in total. The number of amides is 2. The van der Waals surface area contributed by atoms with Crippen LogP contribution in [0, 0.1) is 19.7 Å². The summed E-state index contributed by atoms with van der Waals surface area (Å²) in [6, 6.07) is 5.24. The third kappa shape index (κ3) is 5.89. The summed E-state index contributed by atoms with van der Waals surface area (Å²) >= 11 is 0.853. The van der Waals surface area contributed by atoms with Crippen molar-refractivity contribution in [2.24, 2.45) is 0 Å². The number of halogens is 1. The van der Waals surface area contributed by atoms with Crippen LogP contribution in [-0.4, -0.2) is 43.2 Å². The van der Waals surface area contributed by atoms with Crippen molar-refractivity contribution in [3.8, 4) is 0 Å². The van der Waals surface area contributed by atoms with E-state index in [-0.39, 0.29) is 16.4 Å². The van der Waals surface area contributed by atoms with E-state index < -0.39 is 39.9 Å². The number of aromatic nitrogens is 1. The average molecular weight is 443 g/mol. The predicted octanol–water partition coefficient (Wildman–Crippen LogP) is 1.25. The molecule has 2 amide bonds. The zero-order valence-electron chi connectivity index (χ0n) is 15.8. The first-order valence-electron chi connectivity index (χ1n) is 8.16. The van der Waals surface area contributed by atoms with Crippen LogP contribution in [0.5, 0.6) is 0 Å². The van der Waals surface area contributed by atoms with E-state index in [0.717, 1.165) is 16.4 Å². The van der Waals surface area contributed by atoms with Gasteiger partial charge in [0.2, 0.25) is 5.78 Å². The molecule has 12 heteroatoms. The van der Waals surface area contributed by atoms with Crippen LogP contribution >= 0.6 is 11.3 Å². The molecule has 156 valence electrons. The Kier molecular flexibility index (Phi) is 7.16. The lowest BCUT2D eigenvalue weighted by Gasteiger charge is -2.19. The zero-order valence-corrected chi connectivity index (χ0v) is 17.4. The standard InChI is InChI=1S/C17H18FN3O6S2/c1-10-17(28-11(2)19-10)29(25,26)20-16(24)14(22)8-15(23)21(27-3)9-12-4-6-13(18)7-5-12/h4-7H,8-9H2,1-3H3,(H,20,24). The summed E-state index contributed by atoms with van der Waals surface area (Å²) in [5.74, 6) is -4.01. The molecule has 29 heavy (non-hydrogen) atoms. The van der Waals surface area contributed by atoms with Gasteiger partial charge >= 0.3 is 5.91 Å². The number of aryl methyl sites for hydroxylation is 2. The van der Waals surface area contributed by atoms with Crippen molar-refractivity contribution in [2.45, 2.75) is 31.0 Å². The molecule has 0 unspecified atom stereocenters. The van der Waals surface area contributed by atoms with Gasteiger partial charge in [-0.1, -0.05) is 12.1 Å². The number of thiazole rings is 1. The molecule has 0 radical (unpaired) electrons. The van der Waals surface area contributed by atoms with Gasteiger partial charge in [0.25, 0.3) is 15.9 Å². The number of nitrogens with zero attached hydrogens (tertiary/aromatic N) is 2. The summed E-state index contributed by atoms with van der Waals surface area (Å²) < 4.78 is 38.9. The molecule has 0 spiro atoms. The van der Waals surface area contributed by atoms with Crippen LogP contribution < -0.4 is 4.72 Å². The molecule has 0 fully saturated rings. The van der Waals surface area contributed by atoms with Gasteiger partial charge in [-0.25, -0.2) is 27.6 Å². The minimum atomic E-state index is -4.28.